The van der Waals surface area contributed by atoms with Gasteiger partial charge in [0, 0.05) is 13.1 Å². The molecule has 0 spiro atoms. The Bertz CT molecular complexity index is 930. The number of amides is 1. The monoisotopic (exact) mass is 319 g/mol. The average molecular weight is 319 g/mol. The first-order valence-electron chi connectivity index (χ1n) is 6.40. The molecule has 0 aliphatic carbocycles. The van der Waals surface area contributed by atoms with Crippen molar-refractivity contribution in [3.05, 3.63) is 64.5 Å². The number of benzene rings is 2. The molecule has 0 radical (unpaired) electrons. The highest BCUT2D eigenvalue weighted by atomic mass is 32.1. The van der Waals surface area contributed by atoms with Gasteiger partial charge < -0.3 is 4.57 Å². The summed E-state index contributed by atoms with van der Waals surface area (Å²) < 4.78 is 29.2. The maximum atomic E-state index is 13.5. The molecule has 22 heavy (non-hydrogen) atoms. The lowest BCUT2D eigenvalue weighted by atomic mass is 10.2. The molecular formula is C15H11F2N3OS. The van der Waals surface area contributed by atoms with Gasteiger partial charge in [0.25, 0.3) is 5.91 Å². The van der Waals surface area contributed by atoms with E-state index in [2.05, 4.69) is 10.5 Å². The Labute approximate surface area is 128 Å². The summed E-state index contributed by atoms with van der Waals surface area (Å²) in [6.07, 6.45) is 0. The van der Waals surface area contributed by atoms with Crippen molar-refractivity contribution in [2.24, 2.45) is 12.1 Å². The standard InChI is InChI=1S/C15H11F2N3OS/c1-20-12-4-2-3-5-13(12)22-15(20)19-18-14(21)10-7-6-9(16)8-11(10)17/h2-8H,1H3,(H,18,21)/b19-15+. The summed E-state index contributed by atoms with van der Waals surface area (Å²) in [5, 5.41) is 4.00. The van der Waals surface area contributed by atoms with E-state index in [-0.39, 0.29) is 5.56 Å². The molecule has 0 unspecified atom stereocenters. The van der Waals surface area contributed by atoms with E-state index in [0.29, 0.717) is 10.9 Å². The van der Waals surface area contributed by atoms with Crippen LogP contribution in [0.2, 0.25) is 0 Å². The number of fused-ring (bicyclic) bond motifs is 1. The first-order valence-corrected chi connectivity index (χ1v) is 7.21. The van der Waals surface area contributed by atoms with E-state index >= 15 is 0 Å². The molecule has 0 fully saturated rings. The summed E-state index contributed by atoms with van der Waals surface area (Å²) in [7, 11) is 1.82. The predicted octanol–water partition coefficient (Wildman–Crippen LogP) is 2.76. The van der Waals surface area contributed by atoms with Gasteiger partial charge in [-0.2, -0.15) is 0 Å². The fourth-order valence-electron chi connectivity index (χ4n) is 2.02. The van der Waals surface area contributed by atoms with Crippen LogP contribution < -0.4 is 10.2 Å². The summed E-state index contributed by atoms with van der Waals surface area (Å²) in [5.41, 5.74) is 3.01. The van der Waals surface area contributed by atoms with Crippen LogP contribution in [0.4, 0.5) is 8.78 Å². The molecule has 0 saturated carbocycles. The van der Waals surface area contributed by atoms with Crippen LogP contribution in [0.5, 0.6) is 0 Å². The highest BCUT2D eigenvalue weighted by Crippen LogP contribution is 2.15. The van der Waals surface area contributed by atoms with Gasteiger partial charge in [-0.05, 0) is 24.3 Å². The number of aromatic nitrogens is 1. The minimum atomic E-state index is -0.923. The van der Waals surface area contributed by atoms with Crippen molar-refractivity contribution in [1.82, 2.24) is 9.99 Å². The molecule has 1 N–H and O–H groups in total. The maximum absolute atomic E-state index is 13.5. The third kappa shape index (κ3) is 2.62. The Kier molecular flexibility index (Phi) is 3.72. The van der Waals surface area contributed by atoms with Crippen molar-refractivity contribution in [2.75, 3.05) is 0 Å². The molecule has 1 aromatic heterocycles. The molecule has 3 aromatic rings. The minimum absolute atomic E-state index is 0.256. The number of hydrogen-bond acceptors (Lipinski definition) is 3. The molecule has 0 aliphatic heterocycles. The highest BCUT2D eigenvalue weighted by Gasteiger charge is 2.12. The molecule has 1 heterocycles. The lowest BCUT2D eigenvalue weighted by Crippen LogP contribution is -2.24. The van der Waals surface area contributed by atoms with Crippen LogP contribution in [0.3, 0.4) is 0 Å². The van der Waals surface area contributed by atoms with Crippen molar-refractivity contribution >= 4 is 27.5 Å². The molecule has 2 aromatic carbocycles. The first-order chi connectivity index (χ1) is 10.6. The van der Waals surface area contributed by atoms with Crippen LogP contribution in [-0.2, 0) is 7.05 Å². The number of halogens is 2. The Morgan fingerprint density at radius 1 is 1.23 bits per heavy atom. The topological polar surface area (TPSA) is 46.4 Å². The van der Waals surface area contributed by atoms with Crippen LogP contribution >= 0.6 is 11.3 Å². The highest BCUT2D eigenvalue weighted by molar-refractivity contribution is 7.16. The van der Waals surface area contributed by atoms with E-state index in [1.54, 1.807) is 0 Å². The largest absolute Gasteiger partial charge is 0.318 e. The minimum Gasteiger partial charge on any atom is -0.318 e. The van der Waals surface area contributed by atoms with Gasteiger partial charge >= 0.3 is 0 Å². The molecular weight excluding hydrogens is 308 g/mol. The average Bonchev–Trinajstić information content (AvgIpc) is 2.82. The zero-order chi connectivity index (χ0) is 15.7. The van der Waals surface area contributed by atoms with Crippen LogP contribution in [0, 0.1) is 11.6 Å². The van der Waals surface area contributed by atoms with Gasteiger partial charge in [-0.25, -0.2) is 14.2 Å². The van der Waals surface area contributed by atoms with Crippen molar-refractivity contribution in [2.45, 2.75) is 0 Å². The Morgan fingerprint density at radius 2 is 2.00 bits per heavy atom. The van der Waals surface area contributed by atoms with Gasteiger partial charge in [0.15, 0.2) is 0 Å². The fraction of sp³-hybridized carbons (Fsp3) is 0.0667. The van der Waals surface area contributed by atoms with Gasteiger partial charge in [-0.15, -0.1) is 5.10 Å². The summed E-state index contributed by atoms with van der Waals surface area (Å²) in [4.78, 5) is 12.5. The fourth-order valence-corrected chi connectivity index (χ4v) is 3.00. The first kappa shape index (κ1) is 14.4. The zero-order valence-electron chi connectivity index (χ0n) is 11.5. The Morgan fingerprint density at radius 3 is 2.73 bits per heavy atom. The van der Waals surface area contributed by atoms with Crippen molar-refractivity contribution in [3.63, 3.8) is 0 Å². The van der Waals surface area contributed by atoms with E-state index in [4.69, 9.17) is 0 Å². The van der Waals surface area contributed by atoms with Crippen LogP contribution in [0.25, 0.3) is 10.2 Å². The molecule has 3 rings (SSSR count). The van der Waals surface area contributed by atoms with E-state index in [1.165, 1.54) is 11.3 Å². The molecule has 7 heteroatoms. The second-order valence-corrected chi connectivity index (χ2v) is 5.60. The number of nitrogens with one attached hydrogen (secondary N) is 1. The lowest BCUT2D eigenvalue weighted by molar-refractivity contribution is 0.0949. The molecule has 0 aliphatic rings. The maximum Gasteiger partial charge on any atom is 0.274 e. The van der Waals surface area contributed by atoms with E-state index in [0.717, 1.165) is 22.3 Å². The normalized spacial score (nSPS) is 11.9. The van der Waals surface area contributed by atoms with Gasteiger partial charge in [-0.1, -0.05) is 23.5 Å². The summed E-state index contributed by atoms with van der Waals surface area (Å²) >= 11 is 1.40. The second kappa shape index (κ2) is 5.69. The number of carbonyl (C=O) groups is 1. The number of nitrogens with zero attached hydrogens (tertiary/aromatic N) is 2. The molecule has 0 saturated heterocycles. The van der Waals surface area contributed by atoms with Crippen molar-refractivity contribution in [3.8, 4) is 0 Å². The van der Waals surface area contributed by atoms with E-state index in [1.807, 2.05) is 35.9 Å². The van der Waals surface area contributed by atoms with Gasteiger partial charge in [-0.3, -0.25) is 4.79 Å². The summed E-state index contributed by atoms with van der Waals surface area (Å²) in [6, 6.07) is 10.5. The van der Waals surface area contributed by atoms with E-state index < -0.39 is 17.5 Å². The molecule has 4 nitrogen and oxygen atoms in total. The van der Waals surface area contributed by atoms with Crippen LogP contribution in [0.1, 0.15) is 10.4 Å². The lowest BCUT2D eigenvalue weighted by Gasteiger charge is -2.01. The zero-order valence-corrected chi connectivity index (χ0v) is 12.3. The number of para-hydroxylation sites is 1. The predicted molar refractivity (Wildman–Crippen MR) is 80.2 cm³/mol. The molecule has 112 valence electrons. The smallest absolute Gasteiger partial charge is 0.274 e. The van der Waals surface area contributed by atoms with Gasteiger partial charge in [0.1, 0.15) is 11.6 Å². The molecule has 1 amide bonds. The Balaban J connectivity index is 1.92. The third-order valence-corrected chi connectivity index (χ3v) is 4.26. The van der Waals surface area contributed by atoms with Crippen LogP contribution in [-0.4, -0.2) is 10.5 Å². The number of carbonyl (C=O) groups excluding carboxylic acids is 1. The SMILES string of the molecule is Cn1/c(=N\NC(=O)c2ccc(F)cc2F)sc2ccccc21. The molecule has 0 atom stereocenters. The third-order valence-electron chi connectivity index (χ3n) is 3.14. The van der Waals surface area contributed by atoms with E-state index in [9.17, 15) is 13.6 Å². The number of aryl methyl sites for hydroxylation is 1. The summed E-state index contributed by atoms with van der Waals surface area (Å²) in [5.74, 6) is -2.38. The van der Waals surface area contributed by atoms with Gasteiger partial charge in [0.05, 0.1) is 15.8 Å². The van der Waals surface area contributed by atoms with Crippen molar-refractivity contribution in [1.29, 1.82) is 0 Å². The van der Waals surface area contributed by atoms with Gasteiger partial charge in [0.2, 0.25) is 4.80 Å². The van der Waals surface area contributed by atoms with Crippen LogP contribution in [0.15, 0.2) is 47.6 Å². The number of hydrogen-bond donors (Lipinski definition) is 1. The Hall–Kier alpha value is -2.54. The quantitative estimate of drug-likeness (QED) is 0.725. The molecule has 0 bridgehead atoms. The van der Waals surface area contributed by atoms with Crippen molar-refractivity contribution < 1.29 is 13.6 Å². The second-order valence-electron chi connectivity index (χ2n) is 4.59. The summed E-state index contributed by atoms with van der Waals surface area (Å²) in [6.45, 7) is 0. The number of thiazole rings is 1. The number of rotatable bonds is 2.